The van der Waals surface area contributed by atoms with Crippen LogP contribution in [0.2, 0.25) is 0 Å². The van der Waals surface area contributed by atoms with Gasteiger partial charge in [0.15, 0.2) is 5.41 Å². The Hall–Kier alpha value is -1.84. The molecule has 0 saturated heterocycles. The van der Waals surface area contributed by atoms with E-state index in [0.29, 0.717) is 17.9 Å². The van der Waals surface area contributed by atoms with Crippen LogP contribution < -0.4 is 0 Å². The van der Waals surface area contributed by atoms with Gasteiger partial charge in [0.05, 0.1) is 14.2 Å². The number of rotatable bonds is 6. The molecular formula is C16H22O4. The molecule has 110 valence electrons. The average molecular weight is 278 g/mol. The van der Waals surface area contributed by atoms with Crippen molar-refractivity contribution in [3.05, 3.63) is 35.9 Å². The maximum absolute atomic E-state index is 12.3. The topological polar surface area (TPSA) is 52.6 Å². The Kier molecular flexibility index (Phi) is 5.74. The largest absolute Gasteiger partial charge is 0.468 e. The van der Waals surface area contributed by atoms with Crippen LogP contribution in [0.15, 0.2) is 30.3 Å². The lowest BCUT2D eigenvalue weighted by atomic mass is 9.75. The Morgan fingerprint density at radius 2 is 1.55 bits per heavy atom. The van der Waals surface area contributed by atoms with Crippen LogP contribution in [0.5, 0.6) is 0 Å². The van der Waals surface area contributed by atoms with Gasteiger partial charge in [-0.15, -0.1) is 0 Å². The molecule has 0 bridgehead atoms. The molecule has 0 N–H and O–H groups in total. The number of hydrogen-bond acceptors (Lipinski definition) is 4. The quantitative estimate of drug-likeness (QED) is 0.593. The predicted molar refractivity (Wildman–Crippen MR) is 76.2 cm³/mol. The van der Waals surface area contributed by atoms with E-state index >= 15 is 0 Å². The highest BCUT2D eigenvalue weighted by Crippen LogP contribution is 2.33. The van der Waals surface area contributed by atoms with Gasteiger partial charge in [0.25, 0.3) is 0 Å². The number of ether oxygens (including phenoxy) is 2. The summed E-state index contributed by atoms with van der Waals surface area (Å²) in [6.07, 6.45) is 1.09. The van der Waals surface area contributed by atoms with Crippen molar-refractivity contribution in [2.45, 2.75) is 32.1 Å². The first-order valence-corrected chi connectivity index (χ1v) is 6.71. The Morgan fingerprint density at radius 3 is 1.95 bits per heavy atom. The van der Waals surface area contributed by atoms with E-state index in [0.717, 1.165) is 6.42 Å². The van der Waals surface area contributed by atoms with Crippen molar-refractivity contribution in [3.8, 4) is 0 Å². The van der Waals surface area contributed by atoms with E-state index in [2.05, 4.69) is 0 Å². The lowest BCUT2D eigenvalue weighted by Gasteiger charge is -2.29. The smallest absolute Gasteiger partial charge is 0.327 e. The van der Waals surface area contributed by atoms with E-state index in [9.17, 15) is 9.59 Å². The van der Waals surface area contributed by atoms with Crippen molar-refractivity contribution in [3.63, 3.8) is 0 Å². The van der Waals surface area contributed by atoms with Crippen LogP contribution >= 0.6 is 0 Å². The molecule has 0 spiro atoms. The maximum Gasteiger partial charge on any atom is 0.327 e. The molecule has 0 saturated carbocycles. The third-order valence-corrected chi connectivity index (χ3v) is 3.43. The zero-order chi connectivity index (χ0) is 15.2. The van der Waals surface area contributed by atoms with Gasteiger partial charge in [0.2, 0.25) is 0 Å². The summed E-state index contributed by atoms with van der Waals surface area (Å²) < 4.78 is 9.77. The van der Waals surface area contributed by atoms with Crippen molar-refractivity contribution >= 4 is 11.9 Å². The predicted octanol–water partition coefficient (Wildman–Crippen LogP) is 2.71. The van der Waals surface area contributed by atoms with Crippen LogP contribution in [0.25, 0.3) is 0 Å². The Bertz CT molecular complexity index is 435. The van der Waals surface area contributed by atoms with E-state index in [1.54, 1.807) is 24.3 Å². The van der Waals surface area contributed by atoms with Gasteiger partial charge < -0.3 is 9.47 Å². The van der Waals surface area contributed by atoms with Gasteiger partial charge in [-0.2, -0.15) is 0 Å². The highest BCUT2D eigenvalue weighted by Gasteiger charge is 2.49. The van der Waals surface area contributed by atoms with Crippen LogP contribution in [0, 0.1) is 5.92 Å². The Balaban J connectivity index is 3.33. The summed E-state index contributed by atoms with van der Waals surface area (Å²) in [6, 6.07) is 8.95. The minimum Gasteiger partial charge on any atom is -0.468 e. The molecule has 4 nitrogen and oxygen atoms in total. The van der Waals surface area contributed by atoms with E-state index < -0.39 is 17.4 Å². The molecule has 1 rings (SSSR count). The molecule has 1 aromatic rings. The van der Waals surface area contributed by atoms with Crippen LogP contribution in [0.4, 0.5) is 0 Å². The summed E-state index contributed by atoms with van der Waals surface area (Å²) in [5.41, 5.74) is -0.769. The Morgan fingerprint density at radius 1 is 1.05 bits per heavy atom. The van der Waals surface area contributed by atoms with Gasteiger partial charge in [0.1, 0.15) is 0 Å². The Labute approximate surface area is 120 Å². The fraction of sp³-hybridized carbons (Fsp3) is 0.500. The number of carbonyl (C=O) groups excluding carboxylic acids is 2. The van der Waals surface area contributed by atoms with Gasteiger partial charge in [-0.1, -0.05) is 44.2 Å². The normalized spacial score (nSPS) is 11.2. The second-order valence-corrected chi connectivity index (χ2v) is 5.19. The van der Waals surface area contributed by atoms with Gasteiger partial charge in [-0.25, -0.2) is 0 Å². The van der Waals surface area contributed by atoms with E-state index in [-0.39, 0.29) is 0 Å². The molecule has 0 aliphatic rings. The van der Waals surface area contributed by atoms with Crippen molar-refractivity contribution < 1.29 is 19.1 Å². The molecular weight excluding hydrogens is 256 g/mol. The minimum absolute atomic E-state index is 0.368. The minimum atomic E-state index is -1.38. The molecule has 0 aliphatic carbocycles. The highest BCUT2D eigenvalue weighted by atomic mass is 16.5. The summed E-state index contributed by atoms with van der Waals surface area (Å²) in [5.74, 6) is -0.778. The third-order valence-electron chi connectivity index (χ3n) is 3.43. The van der Waals surface area contributed by atoms with Crippen LogP contribution in [0.3, 0.4) is 0 Å². The molecule has 0 fully saturated rings. The van der Waals surface area contributed by atoms with Crippen molar-refractivity contribution in [1.29, 1.82) is 0 Å². The molecule has 1 aromatic carbocycles. The second kappa shape index (κ2) is 7.08. The van der Waals surface area contributed by atoms with Crippen LogP contribution in [-0.2, 0) is 24.5 Å². The molecule has 0 heterocycles. The molecule has 0 amide bonds. The summed E-state index contributed by atoms with van der Waals surface area (Å²) in [4.78, 5) is 24.6. The van der Waals surface area contributed by atoms with Crippen molar-refractivity contribution in [2.24, 2.45) is 5.92 Å². The van der Waals surface area contributed by atoms with Crippen molar-refractivity contribution in [2.75, 3.05) is 14.2 Å². The highest BCUT2D eigenvalue weighted by molar-refractivity contribution is 6.06. The molecule has 0 atom stereocenters. The fourth-order valence-corrected chi connectivity index (χ4v) is 2.24. The zero-order valence-electron chi connectivity index (χ0n) is 12.5. The van der Waals surface area contributed by atoms with Crippen molar-refractivity contribution in [1.82, 2.24) is 0 Å². The molecule has 0 radical (unpaired) electrons. The molecule has 0 aliphatic heterocycles. The van der Waals surface area contributed by atoms with E-state index in [1.807, 2.05) is 19.9 Å². The van der Waals surface area contributed by atoms with Gasteiger partial charge in [-0.3, -0.25) is 9.59 Å². The first-order chi connectivity index (χ1) is 9.48. The molecule has 20 heavy (non-hydrogen) atoms. The average Bonchev–Trinajstić information content (AvgIpc) is 2.47. The SMILES string of the molecule is COC(=O)C(CCC(C)C)(C(=O)OC)c1ccccc1. The lowest BCUT2D eigenvalue weighted by Crippen LogP contribution is -2.45. The molecule has 4 heteroatoms. The lowest BCUT2D eigenvalue weighted by molar-refractivity contribution is -0.162. The van der Waals surface area contributed by atoms with E-state index in [4.69, 9.17) is 9.47 Å². The number of carbonyl (C=O) groups is 2. The number of methoxy groups -OCH3 is 2. The number of benzene rings is 1. The molecule has 0 unspecified atom stereocenters. The number of hydrogen-bond donors (Lipinski definition) is 0. The summed E-state index contributed by atoms with van der Waals surface area (Å²) in [7, 11) is 2.58. The van der Waals surface area contributed by atoms with Gasteiger partial charge in [0, 0.05) is 0 Å². The second-order valence-electron chi connectivity index (χ2n) is 5.19. The first-order valence-electron chi connectivity index (χ1n) is 6.71. The fourth-order valence-electron chi connectivity index (χ4n) is 2.24. The van der Waals surface area contributed by atoms with Crippen LogP contribution in [0.1, 0.15) is 32.3 Å². The van der Waals surface area contributed by atoms with Gasteiger partial charge in [-0.05, 0) is 24.3 Å². The van der Waals surface area contributed by atoms with Crippen LogP contribution in [-0.4, -0.2) is 26.2 Å². The monoisotopic (exact) mass is 278 g/mol. The first kappa shape index (κ1) is 16.2. The summed E-state index contributed by atoms with van der Waals surface area (Å²) in [6.45, 7) is 4.09. The summed E-state index contributed by atoms with van der Waals surface area (Å²) in [5, 5.41) is 0. The third kappa shape index (κ3) is 3.18. The number of esters is 2. The van der Waals surface area contributed by atoms with E-state index in [1.165, 1.54) is 14.2 Å². The zero-order valence-corrected chi connectivity index (χ0v) is 12.5. The molecule has 0 aromatic heterocycles. The summed E-state index contributed by atoms with van der Waals surface area (Å²) >= 11 is 0. The standard InChI is InChI=1S/C16H22O4/c1-12(2)10-11-16(14(17)19-3,15(18)20-4)13-8-6-5-7-9-13/h5-9,12H,10-11H2,1-4H3. The maximum atomic E-state index is 12.3. The van der Waals surface area contributed by atoms with Gasteiger partial charge >= 0.3 is 11.9 Å².